The van der Waals surface area contributed by atoms with Crippen molar-refractivity contribution in [2.24, 2.45) is 18.4 Å². The number of aryl methyl sites for hydroxylation is 1. The number of rotatable bonds is 3. The van der Waals surface area contributed by atoms with E-state index >= 15 is 0 Å². The van der Waals surface area contributed by atoms with Crippen LogP contribution in [0.1, 0.15) is 51.3 Å². The molecule has 4 heteroatoms. The van der Waals surface area contributed by atoms with Crippen LogP contribution in [0, 0.1) is 11.3 Å². The van der Waals surface area contributed by atoms with Gasteiger partial charge in [-0.3, -0.25) is 4.68 Å². The molecule has 1 aliphatic rings. The Bertz CT molecular complexity index is 359. The second-order valence-corrected chi connectivity index (χ2v) is 6.05. The van der Waals surface area contributed by atoms with Crippen molar-refractivity contribution in [3.8, 4) is 0 Å². The highest BCUT2D eigenvalue weighted by atomic mass is 15.4. The molecule has 1 saturated carbocycles. The molecule has 0 spiro atoms. The van der Waals surface area contributed by atoms with E-state index in [4.69, 9.17) is 0 Å². The van der Waals surface area contributed by atoms with Gasteiger partial charge in [0.1, 0.15) is 0 Å². The molecule has 1 aromatic rings. The first-order chi connectivity index (χ1) is 8.03. The molecular formula is C13H24N4. The third-order valence-electron chi connectivity index (χ3n) is 4.23. The van der Waals surface area contributed by atoms with Crippen LogP contribution in [0.3, 0.4) is 0 Å². The molecule has 1 fully saturated rings. The van der Waals surface area contributed by atoms with E-state index in [1.54, 1.807) is 0 Å². The minimum Gasteiger partial charge on any atom is -0.311 e. The summed E-state index contributed by atoms with van der Waals surface area (Å²) in [6.45, 7) is 4.76. The summed E-state index contributed by atoms with van der Waals surface area (Å²) in [6.07, 6.45) is 7.12. The van der Waals surface area contributed by atoms with E-state index in [1.807, 2.05) is 25.0 Å². The van der Waals surface area contributed by atoms with Gasteiger partial charge in [0.2, 0.25) is 0 Å². The van der Waals surface area contributed by atoms with Gasteiger partial charge in [-0.1, -0.05) is 19.1 Å². The van der Waals surface area contributed by atoms with Crippen molar-refractivity contribution in [3.63, 3.8) is 0 Å². The minimum absolute atomic E-state index is 0.395. The van der Waals surface area contributed by atoms with E-state index in [0.717, 1.165) is 0 Å². The smallest absolute Gasteiger partial charge is 0.0755 e. The zero-order valence-corrected chi connectivity index (χ0v) is 11.4. The number of hydrogen-bond donors (Lipinski definition) is 1. The lowest BCUT2D eigenvalue weighted by atomic mass is 9.71. The van der Waals surface area contributed by atoms with Gasteiger partial charge in [-0.15, -0.1) is 5.10 Å². The molecule has 0 saturated heterocycles. The Kier molecular flexibility index (Phi) is 3.52. The maximum Gasteiger partial charge on any atom is 0.0755 e. The van der Waals surface area contributed by atoms with Crippen LogP contribution in [0.5, 0.6) is 0 Å². The molecule has 96 valence electrons. The molecule has 0 radical (unpaired) electrons. The van der Waals surface area contributed by atoms with Crippen LogP contribution >= 0.6 is 0 Å². The van der Waals surface area contributed by atoms with Gasteiger partial charge in [0.15, 0.2) is 0 Å². The third kappa shape index (κ3) is 2.68. The minimum atomic E-state index is 0.395. The van der Waals surface area contributed by atoms with E-state index in [2.05, 4.69) is 29.5 Å². The molecule has 1 heterocycles. The normalized spacial score (nSPS) is 22.6. The van der Waals surface area contributed by atoms with Gasteiger partial charge in [0.05, 0.1) is 17.9 Å². The van der Waals surface area contributed by atoms with Crippen LogP contribution < -0.4 is 5.32 Å². The molecule has 0 bridgehead atoms. The predicted octanol–water partition coefficient (Wildman–Crippen LogP) is 2.29. The zero-order chi connectivity index (χ0) is 12.5. The van der Waals surface area contributed by atoms with Crippen LogP contribution in [0.25, 0.3) is 0 Å². The Morgan fingerprint density at radius 1 is 1.41 bits per heavy atom. The fraction of sp³-hybridized carbons (Fsp3) is 0.846. The topological polar surface area (TPSA) is 42.7 Å². The number of aromatic nitrogens is 3. The fourth-order valence-electron chi connectivity index (χ4n) is 2.96. The Labute approximate surface area is 104 Å². The molecule has 0 amide bonds. The van der Waals surface area contributed by atoms with Crippen molar-refractivity contribution in [2.45, 2.75) is 45.6 Å². The first-order valence-electron chi connectivity index (χ1n) is 6.55. The molecule has 1 aromatic heterocycles. The lowest BCUT2D eigenvalue weighted by Gasteiger charge is -2.37. The van der Waals surface area contributed by atoms with Crippen LogP contribution in [0.15, 0.2) is 6.20 Å². The van der Waals surface area contributed by atoms with Gasteiger partial charge in [0.25, 0.3) is 0 Å². The van der Waals surface area contributed by atoms with E-state index in [0.29, 0.717) is 17.4 Å². The van der Waals surface area contributed by atoms with Gasteiger partial charge in [0, 0.05) is 7.05 Å². The fourth-order valence-corrected chi connectivity index (χ4v) is 2.96. The van der Waals surface area contributed by atoms with Gasteiger partial charge < -0.3 is 5.32 Å². The number of hydrogen-bond acceptors (Lipinski definition) is 3. The van der Waals surface area contributed by atoms with Crippen molar-refractivity contribution >= 4 is 0 Å². The summed E-state index contributed by atoms with van der Waals surface area (Å²) in [6, 6.07) is 0.395. The molecule has 2 rings (SSSR count). The van der Waals surface area contributed by atoms with E-state index < -0.39 is 0 Å². The van der Waals surface area contributed by atoms with Gasteiger partial charge in [-0.05, 0) is 44.1 Å². The average molecular weight is 236 g/mol. The molecule has 1 unspecified atom stereocenters. The summed E-state index contributed by atoms with van der Waals surface area (Å²) in [5.74, 6) is 0.713. The highest BCUT2D eigenvalue weighted by Crippen LogP contribution is 2.42. The predicted molar refractivity (Wildman–Crippen MR) is 68.5 cm³/mol. The summed E-state index contributed by atoms with van der Waals surface area (Å²) in [5, 5.41) is 11.5. The zero-order valence-electron chi connectivity index (χ0n) is 11.4. The van der Waals surface area contributed by atoms with Gasteiger partial charge in [-0.25, -0.2) is 0 Å². The van der Waals surface area contributed by atoms with Gasteiger partial charge in [-0.2, -0.15) is 0 Å². The van der Waals surface area contributed by atoms with Crippen molar-refractivity contribution in [3.05, 3.63) is 11.9 Å². The Morgan fingerprint density at radius 3 is 2.53 bits per heavy atom. The Hall–Kier alpha value is -0.900. The van der Waals surface area contributed by atoms with Crippen molar-refractivity contribution < 1.29 is 0 Å². The maximum absolute atomic E-state index is 4.04. The van der Waals surface area contributed by atoms with Crippen molar-refractivity contribution in [2.75, 3.05) is 7.05 Å². The SMILES string of the molecule is CNC(c1cnnn1C)C1CCC(C)(C)CC1. The standard InChI is InChI=1S/C13H24N4/c1-13(2)7-5-10(6-8-13)12(14-3)11-9-15-16-17(11)4/h9-10,12,14H,5-8H2,1-4H3. The Morgan fingerprint density at radius 2 is 2.06 bits per heavy atom. The summed E-state index contributed by atoms with van der Waals surface area (Å²) in [4.78, 5) is 0. The monoisotopic (exact) mass is 236 g/mol. The molecule has 1 aliphatic carbocycles. The summed E-state index contributed by atoms with van der Waals surface area (Å²) in [5.41, 5.74) is 1.73. The average Bonchev–Trinajstić information content (AvgIpc) is 2.69. The molecule has 4 nitrogen and oxygen atoms in total. The second-order valence-electron chi connectivity index (χ2n) is 6.05. The van der Waals surface area contributed by atoms with Gasteiger partial charge >= 0.3 is 0 Å². The maximum atomic E-state index is 4.04. The lowest BCUT2D eigenvalue weighted by Crippen LogP contribution is -2.32. The quantitative estimate of drug-likeness (QED) is 0.875. The molecular weight excluding hydrogens is 212 g/mol. The van der Waals surface area contributed by atoms with E-state index in [9.17, 15) is 0 Å². The Balaban J connectivity index is 2.08. The molecule has 0 aromatic carbocycles. The number of nitrogens with one attached hydrogen (secondary N) is 1. The number of nitrogens with zero attached hydrogens (tertiary/aromatic N) is 3. The van der Waals surface area contributed by atoms with Crippen molar-refractivity contribution in [1.82, 2.24) is 20.3 Å². The summed E-state index contributed by atoms with van der Waals surface area (Å²) < 4.78 is 1.89. The second kappa shape index (κ2) is 4.77. The van der Waals surface area contributed by atoms with E-state index in [1.165, 1.54) is 31.4 Å². The summed E-state index contributed by atoms with van der Waals surface area (Å²) in [7, 11) is 4.01. The highest BCUT2D eigenvalue weighted by Gasteiger charge is 2.32. The third-order valence-corrected chi connectivity index (χ3v) is 4.23. The molecule has 17 heavy (non-hydrogen) atoms. The molecule has 1 N–H and O–H groups in total. The highest BCUT2D eigenvalue weighted by molar-refractivity contribution is 5.04. The van der Waals surface area contributed by atoms with Crippen LogP contribution in [-0.2, 0) is 7.05 Å². The summed E-state index contributed by atoms with van der Waals surface area (Å²) >= 11 is 0. The van der Waals surface area contributed by atoms with E-state index in [-0.39, 0.29) is 0 Å². The van der Waals surface area contributed by atoms with Crippen LogP contribution in [0.4, 0.5) is 0 Å². The van der Waals surface area contributed by atoms with Crippen LogP contribution in [0.2, 0.25) is 0 Å². The first-order valence-corrected chi connectivity index (χ1v) is 6.55. The lowest BCUT2D eigenvalue weighted by molar-refractivity contribution is 0.161. The molecule has 1 atom stereocenters. The van der Waals surface area contributed by atoms with Crippen molar-refractivity contribution in [1.29, 1.82) is 0 Å². The largest absolute Gasteiger partial charge is 0.311 e. The molecule has 0 aliphatic heterocycles. The first kappa shape index (κ1) is 12.6. The van der Waals surface area contributed by atoms with Crippen LogP contribution in [-0.4, -0.2) is 22.0 Å².